The zero-order chi connectivity index (χ0) is 17.5. The molecule has 0 fully saturated rings. The molecular weight excluding hydrogens is 326 g/mol. The number of aliphatic hydroxyl groups excluding tert-OH is 1. The van der Waals surface area contributed by atoms with E-state index >= 15 is 0 Å². The summed E-state index contributed by atoms with van der Waals surface area (Å²) in [6.45, 7) is -0.457. The number of carbonyl (C=O) groups is 2. The van der Waals surface area contributed by atoms with Gasteiger partial charge in [0, 0.05) is 16.8 Å². The van der Waals surface area contributed by atoms with Crippen LogP contribution in [0.5, 0.6) is 0 Å². The van der Waals surface area contributed by atoms with Crippen LogP contribution < -0.4 is 16.4 Å². The molecule has 0 unspecified atom stereocenters. The van der Waals surface area contributed by atoms with Gasteiger partial charge in [0.25, 0.3) is 0 Å². The lowest BCUT2D eigenvalue weighted by Gasteiger charge is -2.16. The van der Waals surface area contributed by atoms with Gasteiger partial charge in [0.05, 0.1) is 6.61 Å². The highest BCUT2D eigenvalue weighted by molar-refractivity contribution is 7.80. The van der Waals surface area contributed by atoms with E-state index in [0.717, 1.165) is 0 Å². The fourth-order valence-electron chi connectivity index (χ4n) is 1.99. The Bertz CT molecular complexity index is 733. The number of benzene rings is 2. The zero-order valence-corrected chi connectivity index (χ0v) is 13.5. The highest BCUT2D eigenvalue weighted by atomic mass is 32.1. The maximum atomic E-state index is 12.3. The zero-order valence-electron chi connectivity index (χ0n) is 12.7. The fourth-order valence-corrected chi connectivity index (χ4v) is 2.25. The topological polar surface area (TPSA) is 104 Å². The molecule has 0 heterocycles. The summed E-state index contributed by atoms with van der Waals surface area (Å²) in [7, 11) is 0. The van der Waals surface area contributed by atoms with E-state index in [0.29, 0.717) is 16.8 Å². The lowest BCUT2D eigenvalue weighted by Crippen LogP contribution is -2.48. The predicted octanol–water partition coefficient (Wildman–Crippen LogP) is 1.05. The third kappa shape index (κ3) is 4.61. The number of hydrogen-bond acceptors (Lipinski definition) is 4. The SMILES string of the molecule is NC(=O)[C@H](CO)NC(=S)Nc1ccc(C(=O)c2ccccc2)cc1. The molecule has 0 spiro atoms. The summed E-state index contributed by atoms with van der Waals surface area (Å²) in [6.07, 6.45) is 0. The monoisotopic (exact) mass is 343 g/mol. The van der Waals surface area contributed by atoms with Crippen LogP contribution in [0.4, 0.5) is 5.69 Å². The van der Waals surface area contributed by atoms with Crippen molar-refractivity contribution in [3.05, 3.63) is 65.7 Å². The van der Waals surface area contributed by atoms with Crippen LogP contribution in [0.2, 0.25) is 0 Å². The second kappa shape index (κ2) is 8.19. The van der Waals surface area contributed by atoms with Gasteiger partial charge in [-0.25, -0.2) is 0 Å². The molecule has 124 valence electrons. The smallest absolute Gasteiger partial charge is 0.242 e. The van der Waals surface area contributed by atoms with Gasteiger partial charge in [0.1, 0.15) is 6.04 Å². The van der Waals surface area contributed by atoms with E-state index in [1.54, 1.807) is 36.4 Å². The molecule has 1 amide bonds. The van der Waals surface area contributed by atoms with Crippen molar-refractivity contribution in [2.24, 2.45) is 5.73 Å². The molecule has 5 N–H and O–H groups in total. The molecule has 7 heteroatoms. The van der Waals surface area contributed by atoms with Gasteiger partial charge >= 0.3 is 0 Å². The molecule has 0 radical (unpaired) electrons. The average molecular weight is 343 g/mol. The molecule has 1 atom stereocenters. The van der Waals surface area contributed by atoms with E-state index in [9.17, 15) is 9.59 Å². The third-order valence-electron chi connectivity index (χ3n) is 3.27. The number of amides is 1. The fraction of sp³-hybridized carbons (Fsp3) is 0.118. The summed E-state index contributed by atoms with van der Waals surface area (Å²) < 4.78 is 0. The Morgan fingerprint density at radius 1 is 1.04 bits per heavy atom. The van der Waals surface area contributed by atoms with Crippen molar-refractivity contribution < 1.29 is 14.7 Å². The number of hydrogen-bond donors (Lipinski definition) is 4. The summed E-state index contributed by atoms with van der Waals surface area (Å²) in [5, 5.41) is 14.6. The maximum Gasteiger partial charge on any atom is 0.242 e. The van der Waals surface area contributed by atoms with E-state index in [-0.39, 0.29) is 10.9 Å². The first-order valence-electron chi connectivity index (χ1n) is 7.18. The van der Waals surface area contributed by atoms with Crippen molar-refractivity contribution in [3.8, 4) is 0 Å². The lowest BCUT2D eigenvalue weighted by molar-refractivity contribution is -0.120. The number of aliphatic hydroxyl groups is 1. The van der Waals surface area contributed by atoms with Crippen LogP contribution in [0.1, 0.15) is 15.9 Å². The van der Waals surface area contributed by atoms with Crippen LogP contribution in [0.3, 0.4) is 0 Å². The Kier molecular flexibility index (Phi) is 6.00. The predicted molar refractivity (Wildman–Crippen MR) is 95.7 cm³/mol. The molecular formula is C17H17N3O3S. The first kappa shape index (κ1) is 17.6. The molecule has 2 aromatic rings. The van der Waals surface area contributed by atoms with E-state index in [1.165, 1.54) is 0 Å². The molecule has 0 aliphatic heterocycles. The molecule has 0 aliphatic carbocycles. The minimum Gasteiger partial charge on any atom is -0.394 e. The number of nitrogens with one attached hydrogen (secondary N) is 2. The Morgan fingerprint density at radius 2 is 1.62 bits per heavy atom. The van der Waals surface area contributed by atoms with Crippen molar-refractivity contribution in [2.45, 2.75) is 6.04 Å². The number of ketones is 1. The van der Waals surface area contributed by atoms with Crippen LogP contribution >= 0.6 is 12.2 Å². The average Bonchev–Trinajstić information content (AvgIpc) is 2.60. The second-order valence-corrected chi connectivity index (χ2v) is 5.42. The van der Waals surface area contributed by atoms with Crippen LogP contribution in [0.15, 0.2) is 54.6 Å². The molecule has 2 rings (SSSR count). The molecule has 6 nitrogen and oxygen atoms in total. The van der Waals surface area contributed by atoms with E-state index < -0.39 is 18.6 Å². The summed E-state index contributed by atoms with van der Waals surface area (Å²) in [5.41, 5.74) is 6.91. The Hall–Kier alpha value is -2.77. The molecule has 0 bridgehead atoms. The van der Waals surface area contributed by atoms with Crippen molar-refractivity contribution in [3.63, 3.8) is 0 Å². The molecule has 2 aromatic carbocycles. The van der Waals surface area contributed by atoms with E-state index in [1.807, 2.05) is 18.2 Å². The standard InChI is InChI=1S/C17H17N3O3S/c18-16(23)14(10-21)20-17(24)19-13-8-6-12(7-9-13)15(22)11-4-2-1-3-5-11/h1-9,14,21H,10H2,(H2,18,23)(H2,19,20,24)/t14-/m0/s1. The number of nitrogens with two attached hydrogens (primary N) is 1. The lowest BCUT2D eigenvalue weighted by atomic mass is 10.0. The number of primary amides is 1. The third-order valence-corrected chi connectivity index (χ3v) is 3.49. The molecule has 0 aromatic heterocycles. The summed E-state index contributed by atoms with van der Waals surface area (Å²) in [5.74, 6) is -0.776. The number of rotatable bonds is 6. The number of anilines is 1. The van der Waals surface area contributed by atoms with Gasteiger partial charge in [-0.15, -0.1) is 0 Å². The highest BCUT2D eigenvalue weighted by Crippen LogP contribution is 2.13. The molecule has 0 saturated carbocycles. The maximum absolute atomic E-state index is 12.3. The van der Waals surface area contributed by atoms with Crippen molar-refractivity contribution >= 4 is 34.7 Å². The van der Waals surface area contributed by atoms with E-state index in [4.69, 9.17) is 23.1 Å². The number of thiocarbonyl (C=S) groups is 1. The number of carbonyl (C=O) groups excluding carboxylic acids is 2. The van der Waals surface area contributed by atoms with Crippen LogP contribution in [0, 0.1) is 0 Å². The van der Waals surface area contributed by atoms with Crippen LogP contribution in [-0.4, -0.2) is 34.6 Å². The first-order valence-corrected chi connectivity index (χ1v) is 7.59. The van der Waals surface area contributed by atoms with Crippen molar-refractivity contribution in [1.82, 2.24) is 5.32 Å². The van der Waals surface area contributed by atoms with Gasteiger partial charge in [0.15, 0.2) is 10.9 Å². The first-order chi connectivity index (χ1) is 11.5. The van der Waals surface area contributed by atoms with Gasteiger partial charge < -0.3 is 21.5 Å². The largest absolute Gasteiger partial charge is 0.394 e. The van der Waals surface area contributed by atoms with Crippen LogP contribution in [0.25, 0.3) is 0 Å². The van der Waals surface area contributed by atoms with Gasteiger partial charge in [-0.05, 0) is 36.5 Å². The van der Waals surface area contributed by atoms with E-state index in [2.05, 4.69) is 10.6 Å². The normalized spacial score (nSPS) is 11.4. The molecule has 0 aliphatic rings. The van der Waals surface area contributed by atoms with Crippen LogP contribution in [-0.2, 0) is 4.79 Å². The van der Waals surface area contributed by atoms with Crippen molar-refractivity contribution in [2.75, 3.05) is 11.9 Å². The molecule has 24 heavy (non-hydrogen) atoms. The summed E-state index contributed by atoms with van der Waals surface area (Å²) in [4.78, 5) is 23.3. The Labute approximate surface area is 144 Å². The second-order valence-electron chi connectivity index (χ2n) is 5.01. The van der Waals surface area contributed by atoms with Gasteiger partial charge in [-0.3, -0.25) is 9.59 Å². The molecule has 0 saturated heterocycles. The summed E-state index contributed by atoms with van der Waals surface area (Å²) in [6, 6.07) is 14.8. The van der Waals surface area contributed by atoms with Crippen molar-refractivity contribution in [1.29, 1.82) is 0 Å². The quantitative estimate of drug-likeness (QED) is 0.462. The Morgan fingerprint density at radius 3 is 2.17 bits per heavy atom. The minimum absolute atomic E-state index is 0.0723. The summed E-state index contributed by atoms with van der Waals surface area (Å²) >= 11 is 5.05. The minimum atomic E-state index is -0.955. The van der Waals surface area contributed by atoms with Gasteiger partial charge in [0.2, 0.25) is 5.91 Å². The van der Waals surface area contributed by atoms with Gasteiger partial charge in [-0.2, -0.15) is 0 Å². The van der Waals surface area contributed by atoms with Gasteiger partial charge in [-0.1, -0.05) is 30.3 Å². The Balaban J connectivity index is 2.01. The highest BCUT2D eigenvalue weighted by Gasteiger charge is 2.15.